The summed E-state index contributed by atoms with van der Waals surface area (Å²) in [6, 6.07) is 12.9. The topological polar surface area (TPSA) is 41.1 Å². The molecular formula is C22H30N2O. The average molecular weight is 338 g/mol. The normalized spacial score (nSPS) is 13.4. The summed E-state index contributed by atoms with van der Waals surface area (Å²) in [6.45, 7) is 12.8. The van der Waals surface area contributed by atoms with Crippen molar-refractivity contribution < 1.29 is 4.79 Å². The fourth-order valence-corrected chi connectivity index (χ4v) is 3.35. The maximum Gasteiger partial charge on any atom is 0.234 e. The van der Waals surface area contributed by atoms with Crippen LogP contribution in [0.2, 0.25) is 0 Å². The van der Waals surface area contributed by atoms with Crippen LogP contribution in [-0.4, -0.2) is 12.5 Å². The van der Waals surface area contributed by atoms with Crippen LogP contribution >= 0.6 is 0 Å². The lowest BCUT2D eigenvalue weighted by Gasteiger charge is -2.20. The van der Waals surface area contributed by atoms with Gasteiger partial charge in [-0.15, -0.1) is 0 Å². The molecule has 0 spiro atoms. The Kier molecular flexibility index (Phi) is 6.38. The maximum atomic E-state index is 12.3. The van der Waals surface area contributed by atoms with E-state index < -0.39 is 0 Å². The number of rotatable bonds is 6. The van der Waals surface area contributed by atoms with Gasteiger partial charge in [-0.05, 0) is 63.8 Å². The highest BCUT2D eigenvalue weighted by molar-refractivity contribution is 5.78. The van der Waals surface area contributed by atoms with Gasteiger partial charge in [-0.2, -0.15) is 0 Å². The number of amides is 1. The quantitative estimate of drug-likeness (QED) is 0.817. The predicted octanol–water partition coefficient (Wildman–Crippen LogP) is 4.45. The number of nitrogens with one attached hydrogen (secondary N) is 2. The zero-order valence-corrected chi connectivity index (χ0v) is 16.2. The van der Waals surface area contributed by atoms with E-state index in [9.17, 15) is 4.79 Å². The van der Waals surface area contributed by atoms with Gasteiger partial charge < -0.3 is 10.6 Å². The maximum absolute atomic E-state index is 12.3. The van der Waals surface area contributed by atoms with E-state index in [-0.39, 0.29) is 18.0 Å². The lowest BCUT2D eigenvalue weighted by atomic mass is 10.00. The molecule has 0 fully saturated rings. The summed E-state index contributed by atoms with van der Waals surface area (Å²) in [5.41, 5.74) is 7.37. The number of carbonyl (C=O) groups is 1. The Labute approximate surface area is 151 Å². The van der Waals surface area contributed by atoms with Crippen molar-refractivity contribution in [2.75, 3.05) is 6.54 Å². The molecule has 2 atom stereocenters. The third kappa shape index (κ3) is 5.17. The first-order valence-corrected chi connectivity index (χ1v) is 8.95. The van der Waals surface area contributed by atoms with E-state index in [1.165, 1.54) is 33.4 Å². The Bertz CT molecular complexity index is 752. The molecule has 0 unspecified atom stereocenters. The predicted molar refractivity (Wildman–Crippen MR) is 105 cm³/mol. The van der Waals surface area contributed by atoms with Crippen molar-refractivity contribution >= 4 is 5.91 Å². The Balaban J connectivity index is 1.91. The average Bonchev–Trinajstić information content (AvgIpc) is 2.52. The number of hydrogen-bond donors (Lipinski definition) is 2. The van der Waals surface area contributed by atoms with Crippen LogP contribution in [0.15, 0.2) is 36.4 Å². The Morgan fingerprint density at radius 2 is 1.32 bits per heavy atom. The van der Waals surface area contributed by atoms with Crippen molar-refractivity contribution in [1.29, 1.82) is 0 Å². The monoisotopic (exact) mass is 338 g/mol. The number of aryl methyl sites for hydroxylation is 4. The van der Waals surface area contributed by atoms with Crippen LogP contribution < -0.4 is 10.6 Å². The van der Waals surface area contributed by atoms with Gasteiger partial charge in [0.15, 0.2) is 0 Å². The fourth-order valence-electron chi connectivity index (χ4n) is 3.35. The van der Waals surface area contributed by atoms with Crippen LogP contribution in [0.3, 0.4) is 0 Å². The third-order valence-electron chi connectivity index (χ3n) is 4.73. The van der Waals surface area contributed by atoms with Crippen molar-refractivity contribution in [2.24, 2.45) is 0 Å². The van der Waals surface area contributed by atoms with Gasteiger partial charge in [0.25, 0.3) is 0 Å². The van der Waals surface area contributed by atoms with Gasteiger partial charge in [-0.25, -0.2) is 0 Å². The van der Waals surface area contributed by atoms with Gasteiger partial charge in [-0.3, -0.25) is 4.79 Å². The van der Waals surface area contributed by atoms with E-state index in [0.29, 0.717) is 6.54 Å². The molecule has 0 saturated carbocycles. The van der Waals surface area contributed by atoms with Crippen LogP contribution in [0.5, 0.6) is 0 Å². The van der Waals surface area contributed by atoms with Crippen LogP contribution in [0.4, 0.5) is 0 Å². The minimum absolute atomic E-state index is 0.00585. The first kappa shape index (κ1) is 19.2. The highest BCUT2D eigenvalue weighted by Crippen LogP contribution is 2.19. The molecule has 0 saturated heterocycles. The Morgan fingerprint density at radius 3 is 1.80 bits per heavy atom. The Morgan fingerprint density at radius 1 is 0.840 bits per heavy atom. The molecule has 3 heteroatoms. The van der Waals surface area contributed by atoms with Gasteiger partial charge >= 0.3 is 0 Å². The van der Waals surface area contributed by atoms with Gasteiger partial charge in [0.2, 0.25) is 5.91 Å². The molecule has 0 heterocycles. The molecule has 0 aromatic heterocycles. The lowest BCUT2D eigenvalue weighted by Crippen LogP contribution is -2.36. The van der Waals surface area contributed by atoms with Gasteiger partial charge in [0.05, 0.1) is 12.6 Å². The highest BCUT2D eigenvalue weighted by Gasteiger charge is 2.14. The smallest absolute Gasteiger partial charge is 0.234 e. The lowest BCUT2D eigenvalue weighted by molar-refractivity contribution is -0.121. The van der Waals surface area contributed by atoms with Gasteiger partial charge in [0.1, 0.15) is 0 Å². The molecular weight excluding hydrogens is 308 g/mol. The van der Waals surface area contributed by atoms with Gasteiger partial charge in [-0.1, -0.05) is 47.5 Å². The minimum atomic E-state index is 0.00585. The van der Waals surface area contributed by atoms with Crippen LogP contribution in [0, 0.1) is 27.7 Å². The summed E-state index contributed by atoms with van der Waals surface area (Å²) in [7, 11) is 0. The molecule has 2 rings (SSSR count). The van der Waals surface area contributed by atoms with E-state index >= 15 is 0 Å². The first-order valence-electron chi connectivity index (χ1n) is 8.95. The molecule has 2 N–H and O–H groups in total. The van der Waals surface area contributed by atoms with E-state index in [2.05, 4.69) is 81.7 Å². The van der Waals surface area contributed by atoms with Gasteiger partial charge in [0, 0.05) is 6.04 Å². The number of hydrogen-bond acceptors (Lipinski definition) is 2. The number of carbonyl (C=O) groups excluding carboxylic acids is 1. The summed E-state index contributed by atoms with van der Waals surface area (Å²) in [5.74, 6) is 0.0177. The SMILES string of the molecule is Cc1ccc([C@H](C)NC(=O)CN[C@H](C)c2ccc(C)cc2C)c(C)c1. The van der Waals surface area contributed by atoms with E-state index in [0.717, 1.165) is 0 Å². The molecule has 0 aliphatic carbocycles. The van der Waals surface area contributed by atoms with Crippen molar-refractivity contribution in [3.8, 4) is 0 Å². The molecule has 134 valence electrons. The van der Waals surface area contributed by atoms with E-state index in [4.69, 9.17) is 0 Å². The second kappa shape index (κ2) is 8.30. The first-order chi connectivity index (χ1) is 11.8. The molecule has 25 heavy (non-hydrogen) atoms. The minimum Gasteiger partial charge on any atom is -0.348 e. The molecule has 3 nitrogen and oxygen atoms in total. The zero-order chi connectivity index (χ0) is 18.6. The van der Waals surface area contributed by atoms with E-state index in [1.807, 2.05) is 6.92 Å². The summed E-state index contributed by atoms with van der Waals surface area (Å²) in [4.78, 5) is 12.3. The second-order valence-corrected chi connectivity index (χ2v) is 7.11. The second-order valence-electron chi connectivity index (χ2n) is 7.11. The third-order valence-corrected chi connectivity index (χ3v) is 4.73. The van der Waals surface area contributed by atoms with Crippen LogP contribution in [-0.2, 0) is 4.79 Å². The van der Waals surface area contributed by atoms with Crippen molar-refractivity contribution in [3.05, 3.63) is 69.8 Å². The zero-order valence-electron chi connectivity index (χ0n) is 16.2. The summed E-state index contributed by atoms with van der Waals surface area (Å²) in [6.07, 6.45) is 0. The molecule has 0 bridgehead atoms. The fraction of sp³-hybridized carbons (Fsp3) is 0.409. The summed E-state index contributed by atoms with van der Waals surface area (Å²) < 4.78 is 0. The van der Waals surface area contributed by atoms with Crippen LogP contribution in [0.25, 0.3) is 0 Å². The largest absolute Gasteiger partial charge is 0.348 e. The molecule has 1 amide bonds. The molecule has 0 aliphatic rings. The summed E-state index contributed by atoms with van der Waals surface area (Å²) >= 11 is 0. The molecule has 0 aliphatic heterocycles. The van der Waals surface area contributed by atoms with Crippen LogP contribution in [0.1, 0.15) is 59.3 Å². The Hall–Kier alpha value is -2.13. The molecule has 0 radical (unpaired) electrons. The van der Waals surface area contributed by atoms with Crippen molar-refractivity contribution in [3.63, 3.8) is 0 Å². The van der Waals surface area contributed by atoms with E-state index in [1.54, 1.807) is 0 Å². The van der Waals surface area contributed by atoms with Crippen molar-refractivity contribution in [2.45, 2.75) is 53.6 Å². The molecule has 2 aromatic rings. The van der Waals surface area contributed by atoms with Crippen molar-refractivity contribution in [1.82, 2.24) is 10.6 Å². The number of benzene rings is 2. The molecule has 2 aromatic carbocycles. The standard InChI is InChI=1S/C22H30N2O/c1-14-7-9-20(16(3)11-14)18(5)23-13-22(25)24-19(6)21-10-8-15(2)12-17(21)4/h7-12,18-19,23H,13H2,1-6H3,(H,24,25)/t18-,19+/m1/s1. The highest BCUT2D eigenvalue weighted by atomic mass is 16.1. The summed E-state index contributed by atoms with van der Waals surface area (Å²) in [5, 5.41) is 6.41.